The second-order valence-corrected chi connectivity index (χ2v) is 8.05. The van der Waals surface area contributed by atoms with Gasteiger partial charge in [0.2, 0.25) is 5.82 Å². The van der Waals surface area contributed by atoms with Crippen molar-refractivity contribution in [1.82, 2.24) is 20.6 Å². The number of aromatic nitrogens is 4. The maximum atomic E-state index is 12.7. The summed E-state index contributed by atoms with van der Waals surface area (Å²) in [5.74, 6) is 0.210. The smallest absolute Gasteiger partial charge is 0.338 e. The van der Waals surface area contributed by atoms with E-state index in [0.29, 0.717) is 11.4 Å². The molecule has 8 nitrogen and oxygen atoms in total. The number of tetrazole rings is 1. The van der Waals surface area contributed by atoms with Crippen molar-refractivity contribution in [3.05, 3.63) is 71.5 Å². The molecule has 33 heavy (non-hydrogen) atoms. The minimum Gasteiger partial charge on any atom is -0.466 e. The number of nitrogens with zero attached hydrogens (tertiary/aromatic N) is 5. The topological polar surface area (TPSA) is 96.4 Å². The summed E-state index contributed by atoms with van der Waals surface area (Å²) in [6.07, 6.45) is 3.99. The molecule has 1 aliphatic carbocycles. The number of nitrogens with one attached hydrogen (secondary N) is 1. The zero-order chi connectivity index (χ0) is 22.9. The van der Waals surface area contributed by atoms with Crippen molar-refractivity contribution in [3.8, 4) is 22.5 Å². The largest absolute Gasteiger partial charge is 0.466 e. The summed E-state index contributed by atoms with van der Waals surface area (Å²) in [5.41, 5.74) is 7.47. The highest BCUT2D eigenvalue weighted by molar-refractivity contribution is 6.11. The van der Waals surface area contributed by atoms with Crippen LogP contribution in [0.4, 0.5) is 5.69 Å². The first kappa shape index (κ1) is 20.8. The minimum absolute atomic E-state index is 0.249. The standard InChI is InChI=1S/C25H24N6O2/c1-15-22(25(32)33-3)23(20-9-6-10-21(20)26-15)31(2)17-13-11-16(12-14-17)18-7-4-5-8-19(18)24-27-29-30-28-24/h4-5,7-9,11-15H,6,10H2,1-3H3,(H,27,28,29,30). The summed E-state index contributed by atoms with van der Waals surface area (Å²) in [6, 6.07) is 15.9. The number of esters is 1. The van der Waals surface area contributed by atoms with Crippen molar-refractivity contribution in [2.75, 3.05) is 19.1 Å². The summed E-state index contributed by atoms with van der Waals surface area (Å²) in [6.45, 7) is 1.94. The van der Waals surface area contributed by atoms with Crippen molar-refractivity contribution in [2.24, 2.45) is 4.99 Å². The number of ether oxygens (including phenoxy) is 1. The molecule has 0 spiro atoms. The molecule has 1 aromatic heterocycles. The van der Waals surface area contributed by atoms with Crippen molar-refractivity contribution in [2.45, 2.75) is 25.8 Å². The van der Waals surface area contributed by atoms with Crippen LogP contribution >= 0.6 is 0 Å². The average Bonchev–Trinajstić information content (AvgIpc) is 3.55. The SMILES string of the molecule is COC(=O)C1=C(N(C)c2ccc(-c3ccccc3-c3nn[nH]n3)cc2)C2=CCCC2=NC1C. The van der Waals surface area contributed by atoms with Gasteiger partial charge in [-0.3, -0.25) is 4.99 Å². The lowest BCUT2D eigenvalue weighted by Crippen LogP contribution is -2.32. The second-order valence-electron chi connectivity index (χ2n) is 8.05. The van der Waals surface area contributed by atoms with Gasteiger partial charge in [-0.05, 0) is 48.2 Å². The van der Waals surface area contributed by atoms with Crippen LogP contribution in [-0.2, 0) is 9.53 Å². The van der Waals surface area contributed by atoms with Gasteiger partial charge in [-0.1, -0.05) is 42.5 Å². The molecule has 1 aliphatic heterocycles. The van der Waals surface area contributed by atoms with E-state index in [1.807, 2.05) is 38.2 Å². The van der Waals surface area contributed by atoms with E-state index in [4.69, 9.17) is 9.73 Å². The minimum atomic E-state index is -0.342. The number of methoxy groups -OCH3 is 1. The fourth-order valence-corrected chi connectivity index (χ4v) is 4.55. The molecule has 1 unspecified atom stereocenters. The van der Waals surface area contributed by atoms with Gasteiger partial charge in [0.1, 0.15) is 0 Å². The maximum Gasteiger partial charge on any atom is 0.338 e. The Morgan fingerprint density at radius 2 is 1.88 bits per heavy atom. The molecule has 0 bridgehead atoms. The molecule has 8 heteroatoms. The van der Waals surface area contributed by atoms with E-state index < -0.39 is 0 Å². The summed E-state index contributed by atoms with van der Waals surface area (Å²) in [7, 11) is 3.40. The highest BCUT2D eigenvalue weighted by atomic mass is 16.5. The number of H-pyrrole nitrogens is 1. The number of carbonyl (C=O) groups excluding carboxylic acids is 1. The van der Waals surface area contributed by atoms with Gasteiger partial charge in [0.05, 0.1) is 24.4 Å². The van der Waals surface area contributed by atoms with E-state index in [2.05, 4.69) is 55.9 Å². The van der Waals surface area contributed by atoms with Crippen LogP contribution in [-0.4, -0.2) is 52.5 Å². The molecule has 0 saturated heterocycles. The van der Waals surface area contributed by atoms with E-state index in [0.717, 1.165) is 52.2 Å². The first-order chi connectivity index (χ1) is 16.1. The Morgan fingerprint density at radius 1 is 1.12 bits per heavy atom. The van der Waals surface area contributed by atoms with E-state index in [1.54, 1.807) is 0 Å². The zero-order valence-corrected chi connectivity index (χ0v) is 18.7. The van der Waals surface area contributed by atoms with Crippen LogP contribution in [0.25, 0.3) is 22.5 Å². The highest BCUT2D eigenvalue weighted by Gasteiger charge is 2.34. The van der Waals surface area contributed by atoms with Gasteiger partial charge in [-0.2, -0.15) is 5.21 Å². The lowest BCUT2D eigenvalue weighted by Gasteiger charge is -2.31. The van der Waals surface area contributed by atoms with Gasteiger partial charge >= 0.3 is 5.97 Å². The van der Waals surface area contributed by atoms with Gasteiger partial charge in [0.15, 0.2) is 0 Å². The summed E-state index contributed by atoms with van der Waals surface area (Å²) < 4.78 is 5.11. The monoisotopic (exact) mass is 440 g/mol. The third-order valence-electron chi connectivity index (χ3n) is 6.14. The van der Waals surface area contributed by atoms with Crippen LogP contribution in [0.2, 0.25) is 0 Å². The van der Waals surface area contributed by atoms with Gasteiger partial charge < -0.3 is 9.64 Å². The number of fused-ring (bicyclic) bond motifs is 1. The Morgan fingerprint density at radius 3 is 2.58 bits per heavy atom. The molecule has 2 aliphatic rings. The second kappa shape index (κ2) is 8.46. The zero-order valence-electron chi connectivity index (χ0n) is 18.7. The summed E-state index contributed by atoms with van der Waals surface area (Å²) in [4.78, 5) is 19.5. The summed E-state index contributed by atoms with van der Waals surface area (Å²) in [5, 5.41) is 14.4. The Balaban J connectivity index is 1.53. The van der Waals surface area contributed by atoms with Gasteiger partial charge in [-0.25, -0.2) is 4.79 Å². The van der Waals surface area contributed by atoms with Crippen LogP contribution in [0, 0.1) is 0 Å². The quantitative estimate of drug-likeness (QED) is 0.603. The maximum absolute atomic E-state index is 12.7. The first-order valence-corrected chi connectivity index (χ1v) is 10.9. The van der Waals surface area contributed by atoms with Gasteiger partial charge in [0.25, 0.3) is 0 Å². The fraction of sp³-hybridized carbons (Fsp3) is 0.240. The van der Waals surface area contributed by atoms with E-state index in [9.17, 15) is 4.79 Å². The molecular formula is C25H24N6O2. The predicted molar refractivity (Wildman–Crippen MR) is 127 cm³/mol. The average molecular weight is 441 g/mol. The number of allylic oxidation sites excluding steroid dienone is 2. The van der Waals surface area contributed by atoms with E-state index >= 15 is 0 Å². The van der Waals surface area contributed by atoms with Crippen LogP contribution in [0.1, 0.15) is 19.8 Å². The van der Waals surface area contributed by atoms with Crippen LogP contribution in [0.5, 0.6) is 0 Å². The molecule has 0 saturated carbocycles. The fourth-order valence-electron chi connectivity index (χ4n) is 4.55. The molecule has 2 aromatic carbocycles. The third-order valence-corrected chi connectivity index (χ3v) is 6.14. The Labute approximate surface area is 191 Å². The van der Waals surface area contributed by atoms with Gasteiger partial charge in [0, 0.05) is 29.6 Å². The Bertz CT molecular complexity index is 1290. The van der Waals surface area contributed by atoms with E-state index in [-0.39, 0.29) is 12.0 Å². The van der Waals surface area contributed by atoms with Crippen molar-refractivity contribution in [1.29, 1.82) is 0 Å². The van der Waals surface area contributed by atoms with Crippen molar-refractivity contribution >= 4 is 17.4 Å². The Kier molecular flexibility index (Phi) is 5.34. The Hall–Kier alpha value is -4.07. The van der Waals surface area contributed by atoms with E-state index in [1.165, 1.54) is 7.11 Å². The van der Waals surface area contributed by atoms with Gasteiger partial charge in [-0.15, -0.1) is 10.2 Å². The molecule has 3 aromatic rings. The third kappa shape index (κ3) is 3.63. The van der Waals surface area contributed by atoms with Crippen LogP contribution in [0.3, 0.4) is 0 Å². The molecule has 0 radical (unpaired) electrons. The molecule has 1 atom stereocenters. The molecule has 2 heterocycles. The van der Waals surface area contributed by atoms with Crippen molar-refractivity contribution < 1.29 is 9.53 Å². The molecule has 166 valence electrons. The number of aliphatic imine (C=N–C) groups is 1. The molecule has 0 amide bonds. The van der Waals surface area contributed by atoms with Crippen LogP contribution < -0.4 is 4.90 Å². The summed E-state index contributed by atoms with van der Waals surface area (Å²) >= 11 is 0. The normalized spacial score (nSPS) is 17.4. The van der Waals surface area contributed by atoms with Crippen molar-refractivity contribution in [3.63, 3.8) is 0 Å². The number of hydrogen-bond acceptors (Lipinski definition) is 7. The number of hydrogen-bond donors (Lipinski definition) is 1. The molecule has 1 N–H and O–H groups in total. The number of anilines is 1. The number of benzene rings is 2. The lowest BCUT2D eigenvalue weighted by molar-refractivity contribution is -0.136. The first-order valence-electron chi connectivity index (χ1n) is 10.9. The predicted octanol–water partition coefficient (Wildman–Crippen LogP) is 3.96. The highest BCUT2D eigenvalue weighted by Crippen LogP contribution is 2.37. The van der Waals surface area contributed by atoms with Crippen LogP contribution in [0.15, 0.2) is 76.4 Å². The molecule has 0 fully saturated rings. The number of likely N-dealkylation sites (N-methyl/N-ethyl adjacent to an activating group) is 1. The lowest BCUT2D eigenvalue weighted by atomic mass is 9.94. The number of aromatic amines is 1. The number of carbonyl (C=O) groups is 1. The molecular weight excluding hydrogens is 416 g/mol. The number of rotatable bonds is 5. The number of dihydropyridines is 1. The molecule has 5 rings (SSSR count).